The second-order valence-corrected chi connectivity index (χ2v) is 10.1. The molecule has 43 heavy (non-hydrogen) atoms. The van der Waals surface area contributed by atoms with Crippen molar-refractivity contribution in [2.45, 2.75) is 18.9 Å². The van der Waals surface area contributed by atoms with Crippen molar-refractivity contribution in [2.75, 3.05) is 0 Å². The zero-order valence-electron chi connectivity index (χ0n) is 23.2. The second kappa shape index (κ2) is 14.9. The van der Waals surface area contributed by atoms with Crippen molar-refractivity contribution in [3.8, 4) is 0 Å². The fourth-order valence-corrected chi connectivity index (χ4v) is 4.95. The molecule has 0 radical (unpaired) electrons. The molecule has 1 heterocycles. The minimum Gasteiger partial charge on any atom is -0.857 e. The molecule has 0 spiro atoms. The summed E-state index contributed by atoms with van der Waals surface area (Å²) in [5.74, 6) is -1.69. The van der Waals surface area contributed by atoms with Gasteiger partial charge in [-0.3, -0.25) is 15.0 Å². The molecular weight excluding hydrogens is 581 g/mol. The van der Waals surface area contributed by atoms with Gasteiger partial charge in [-0.15, -0.1) is 0 Å². The number of para-hydroxylation sites is 1. The second-order valence-electron chi connectivity index (χ2n) is 10.1. The number of carbonyl (C=O) groups is 1. The summed E-state index contributed by atoms with van der Waals surface area (Å²) in [7, 11) is 0. The Morgan fingerprint density at radius 1 is 0.721 bits per heavy atom. The van der Waals surface area contributed by atoms with Crippen LogP contribution in [0.2, 0.25) is 0 Å². The summed E-state index contributed by atoms with van der Waals surface area (Å²) < 4.78 is 0. The molecule has 1 unspecified atom stereocenters. The summed E-state index contributed by atoms with van der Waals surface area (Å²) in [4.78, 5) is 26.5. The molecule has 1 aromatic heterocycles. The fraction of sp³-hybridized carbons (Fsp3) is 0.111. The van der Waals surface area contributed by atoms with Crippen LogP contribution < -0.4 is 10.2 Å². The monoisotopic (exact) mass is 609 g/mol. The van der Waals surface area contributed by atoms with E-state index in [1.165, 1.54) is 6.21 Å². The number of nitrogens with zero attached hydrogens (tertiary/aromatic N) is 3. The van der Waals surface area contributed by atoms with E-state index in [0.717, 1.165) is 16.7 Å². The van der Waals surface area contributed by atoms with Crippen molar-refractivity contribution in [2.24, 2.45) is 15.4 Å². The van der Waals surface area contributed by atoms with Crippen LogP contribution in [0.5, 0.6) is 0 Å². The molecule has 0 amide bonds. The van der Waals surface area contributed by atoms with Gasteiger partial charge < -0.3 is 15.0 Å². The van der Waals surface area contributed by atoms with Crippen molar-refractivity contribution in [3.05, 3.63) is 168 Å². The predicted octanol–water partition coefficient (Wildman–Crippen LogP) is 4.90. The maximum absolute atomic E-state index is 13.0. The Hall–Kier alpha value is -4.87. The first kappa shape index (κ1) is 31.1. The van der Waals surface area contributed by atoms with Gasteiger partial charge in [-0.1, -0.05) is 115 Å². The SMILES string of the molecule is O=C([O-])C(C=NC(c1ccccc1)c1ccccc1N=C([O-])c1ccccn1)(Cc1ccccc1)Cc1ccccc1.[Ni+2]. The molecule has 0 aliphatic heterocycles. The Balaban J connectivity index is 0.00000423. The third kappa shape index (κ3) is 7.91. The first-order valence-corrected chi connectivity index (χ1v) is 13.7. The Kier molecular flexibility index (Phi) is 10.7. The smallest absolute Gasteiger partial charge is 0.857 e. The Morgan fingerprint density at radius 3 is 1.81 bits per heavy atom. The number of aliphatic carboxylic acids is 1. The summed E-state index contributed by atoms with van der Waals surface area (Å²) in [6.07, 6.45) is 3.46. The van der Waals surface area contributed by atoms with Crippen LogP contribution >= 0.6 is 0 Å². The first-order valence-electron chi connectivity index (χ1n) is 13.7. The van der Waals surface area contributed by atoms with Crippen LogP contribution in [0.15, 0.2) is 150 Å². The molecule has 5 rings (SSSR count). The largest absolute Gasteiger partial charge is 2.00 e. The van der Waals surface area contributed by atoms with Crippen LogP contribution in [0.1, 0.15) is 34.0 Å². The minimum atomic E-state index is -1.44. The molecule has 5 aromatic rings. The third-order valence-corrected chi connectivity index (χ3v) is 7.05. The van der Waals surface area contributed by atoms with E-state index in [0.29, 0.717) is 11.3 Å². The minimum absolute atomic E-state index is 0. The molecule has 0 bridgehead atoms. The molecule has 0 aliphatic rings. The number of aliphatic imine (C=N–C) groups is 2. The third-order valence-electron chi connectivity index (χ3n) is 7.05. The van der Waals surface area contributed by atoms with Crippen molar-refractivity contribution in [1.29, 1.82) is 0 Å². The summed E-state index contributed by atoms with van der Waals surface area (Å²) in [5, 5.41) is 26.0. The summed E-state index contributed by atoms with van der Waals surface area (Å²) >= 11 is 0. The molecule has 0 aliphatic carbocycles. The van der Waals surface area contributed by atoms with E-state index in [-0.39, 0.29) is 35.0 Å². The summed E-state index contributed by atoms with van der Waals surface area (Å²) in [5.41, 5.74) is 2.43. The number of carboxylic acids is 1. The Labute approximate surface area is 261 Å². The van der Waals surface area contributed by atoms with Crippen LogP contribution in [0.3, 0.4) is 0 Å². The molecule has 0 fully saturated rings. The van der Waals surface area contributed by atoms with Gasteiger partial charge in [0, 0.05) is 23.9 Å². The quantitative estimate of drug-likeness (QED) is 0.121. The normalized spacial score (nSPS) is 12.4. The number of pyridine rings is 1. The van der Waals surface area contributed by atoms with Crippen molar-refractivity contribution < 1.29 is 31.5 Å². The zero-order valence-corrected chi connectivity index (χ0v) is 24.2. The van der Waals surface area contributed by atoms with Crippen LogP contribution in [-0.2, 0) is 34.1 Å². The number of hydrogen-bond donors (Lipinski definition) is 0. The number of aromatic nitrogens is 1. The van der Waals surface area contributed by atoms with Crippen LogP contribution in [0.25, 0.3) is 0 Å². The average molecular weight is 610 g/mol. The number of hydrogen-bond acceptors (Lipinski definition) is 6. The van der Waals surface area contributed by atoms with Gasteiger partial charge in [-0.05, 0) is 47.7 Å². The number of carbonyl (C=O) groups excluding carboxylic acids is 1. The van der Waals surface area contributed by atoms with Gasteiger partial charge in [-0.25, -0.2) is 0 Å². The maximum atomic E-state index is 13.0. The summed E-state index contributed by atoms with van der Waals surface area (Å²) in [6, 6.07) is 40.2. The molecule has 7 heteroatoms. The molecule has 216 valence electrons. The van der Waals surface area contributed by atoms with Crippen LogP contribution in [0, 0.1) is 5.41 Å². The topological polar surface area (TPSA) is 101 Å². The van der Waals surface area contributed by atoms with E-state index < -0.39 is 23.3 Å². The van der Waals surface area contributed by atoms with Gasteiger partial charge in [0.15, 0.2) is 0 Å². The van der Waals surface area contributed by atoms with E-state index in [4.69, 9.17) is 4.99 Å². The van der Waals surface area contributed by atoms with E-state index in [1.54, 1.807) is 36.5 Å². The van der Waals surface area contributed by atoms with E-state index in [9.17, 15) is 15.0 Å². The number of benzene rings is 4. The molecule has 1 atom stereocenters. The van der Waals surface area contributed by atoms with E-state index in [1.807, 2.05) is 103 Å². The maximum Gasteiger partial charge on any atom is 2.00 e. The van der Waals surface area contributed by atoms with Crippen molar-refractivity contribution in [1.82, 2.24) is 4.98 Å². The number of rotatable bonds is 11. The van der Waals surface area contributed by atoms with Gasteiger partial charge in [0.05, 0.1) is 22.8 Å². The standard InChI is InChI=1S/C36H31N3O3.Ni/c40-34(32-22-12-13-23-37-32)39-31-21-11-10-20-30(31)33(29-18-8-3-9-19-29)38-26-36(35(41)42,24-27-14-4-1-5-15-27)25-28-16-6-2-7-17-28;/h1-23,26,33H,24-25H2,(H,39,40)(H,41,42);/q;+2/p-2. The van der Waals surface area contributed by atoms with Crippen LogP contribution in [-0.4, -0.2) is 23.1 Å². The first-order chi connectivity index (χ1) is 20.5. The van der Waals surface area contributed by atoms with E-state index in [2.05, 4.69) is 9.98 Å². The molecular formula is C36H29N3NiO3. The Morgan fingerprint density at radius 2 is 1.26 bits per heavy atom. The Bertz CT molecular complexity index is 1620. The van der Waals surface area contributed by atoms with Gasteiger partial charge >= 0.3 is 16.5 Å². The van der Waals surface area contributed by atoms with Crippen molar-refractivity contribution in [3.63, 3.8) is 0 Å². The van der Waals surface area contributed by atoms with Gasteiger partial charge in [0.1, 0.15) is 6.04 Å². The van der Waals surface area contributed by atoms with Crippen LogP contribution in [0.4, 0.5) is 5.69 Å². The molecule has 0 saturated heterocycles. The molecule has 0 saturated carbocycles. The zero-order chi connectivity index (χ0) is 29.2. The van der Waals surface area contributed by atoms with Gasteiger partial charge in [-0.2, -0.15) is 0 Å². The number of carboxylic acid groups (broad SMARTS) is 1. The van der Waals surface area contributed by atoms with Gasteiger partial charge in [0.25, 0.3) is 0 Å². The summed E-state index contributed by atoms with van der Waals surface area (Å²) in [6.45, 7) is 0. The molecule has 0 N–H and O–H groups in total. The van der Waals surface area contributed by atoms with Gasteiger partial charge in [0.2, 0.25) is 0 Å². The average Bonchev–Trinajstić information content (AvgIpc) is 3.03. The predicted molar refractivity (Wildman–Crippen MR) is 161 cm³/mol. The van der Waals surface area contributed by atoms with Crippen molar-refractivity contribution >= 4 is 23.8 Å². The fourth-order valence-electron chi connectivity index (χ4n) is 4.95. The molecule has 6 nitrogen and oxygen atoms in total. The molecule has 4 aromatic carbocycles. The van der Waals surface area contributed by atoms with E-state index >= 15 is 0 Å².